The lowest BCUT2D eigenvalue weighted by atomic mass is 9.94. The van der Waals surface area contributed by atoms with Gasteiger partial charge in [0.25, 0.3) is 11.7 Å². The number of likely N-dealkylation sites (tertiary alicyclic amines) is 2. The molecule has 0 aliphatic carbocycles. The van der Waals surface area contributed by atoms with Gasteiger partial charge in [0.05, 0.1) is 40.1 Å². The molecule has 0 bridgehead atoms. The van der Waals surface area contributed by atoms with Crippen LogP contribution < -0.4 is 18.9 Å². The first-order chi connectivity index (χ1) is 17.4. The minimum atomic E-state index is -0.840. The zero-order valence-corrected chi connectivity index (χ0v) is 21.1. The highest BCUT2D eigenvalue weighted by Gasteiger charge is 2.46. The Kier molecular flexibility index (Phi) is 7.69. The number of aliphatic hydroxyl groups excluding tert-OH is 1. The largest absolute Gasteiger partial charge is 0.507 e. The van der Waals surface area contributed by atoms with Crippen LogP contribution in [-0.4, -0.2) is 81.2 Å². The molecule has 1 atom stereocenters. The van der Waals surface area contributed by atoms with E-state index in [0.29, 0.717) is 47.2 Å². The van der Waals surface area contributed by atoms with E-state index in [2.05, 4.69) is 4.90 Å². The second-order valence-electron chi connectivity index (χ2n) is 8.73. The fourth-order valence-electron chi connectivity index (χ4n) is 4.90. The van der Waals surface area contributed by atoms with Crippen LogP contribution in [0.2, 0.25) is 0 Å². The lowest BCUT2D eigenvalue weighted by Crippen LogP contribution is -2.37. The van der Waals surface area contributed by atoms with Gasteiger partial charge in [-0.15, -0.1) is 0 Å². The number of hydrogen-bond acceptors (Lipinski definition) is 8. The third-order valence-corrected chi connectivity index (χ3v) is 6.74. The number of carbonyl (C=O) groups is 2. The number of hydrogen-bond donors (Lipinski definition) is 1. The predicted molar refractivity (Wildman–Crippen MR) is 134 cm³/mol. The van der Waals surface area contributed by atoms with Crippen molar-refractivity contribution in [2.45, 2.75) is 18.9 Å². The molecule has 0 saturated carbocycles. The molecule has 9 heteroatoms. The number of benzene rings is 2. The molecule has 4 rings (SSSR count). The third-order valence-electron chi connectivity index (χ3n) is 6.74. The van der Waals surface area contributed by atoms with Crippen LogP contribution >= 0.6 is 0 Å². The van der Waals surface area contributed by atoms with E-state index >= 15 is 0 Å². The Morgan fingerprint density at radius 2 is 1.58 bits per heavy atom. The van der Waals surface area contributed by atoms with Crippen LogP contribution in [0.3, 0.4) is 0 Å². The van der Waals surface area contributed by atoms with E-state index in [0.717, 1.165) is 25.9 Å². The van der Waals surface area contributed by atoms with Crippen LogP contribution in [0.15, 0.2) is 42.0 Å². The van der Waals surface area contributed by atoms with Gasteiger partial charge >= 0.3 is 0 Å². The molecule has 2 aromatic rings. The monoisotopic (exact) mass is 496 g/mol. The van der Waals surface area contributed by atoms with Crippen molar-refractivity contribution in [3.63, 3.8) is 0 Å². The summed E-state index contributed by atoms with van der Waals surface area (Å²) in [4.78, 5) is 30.4. The first kappa shape index (κ1) is 25.4. The number of aliphatic hydroxyl groups is 1. The van der Waals surface area contributed by atoms with Crippen molar-refractivity contribution in [1.82, 2.24) is 9.80 Å². The third kappa shape index (κ3) is 4.70. The maximum absolute atomic E-state index is 13.4. The van der Waals surface area contributed by atoms with E-state index < -0.39 is 17.7 Å². The first-order valence-electron chi connectivity index (χ1n) is 11.9. The average molecular weight is 497 g/mol. The van der Waals surface area contributed by atoms with E-state index in [9.17, 15) is 14.7 Å². The Morgan fingerprint density at radius 3 is 2.17 bits per heavy atom. The molecule has 1 unspecified atom stereocenters. The lowest BCUT2D eigenvalue weighted by Gasteiger charge is -2.28. The van der Waals surface area contributed by atoms with Gasteiger partial charge in [-0.25, -0.2) is 0 Å². The Bertz CT molecular complexity index is 1150. The summed E-state index contributed by atoms with van der Waals surface area (Å²) in [6.07, 6.45) is 2.23. The van der Waals surface area contributed by atoms with Crippen LogP contribution in [-0.2, 0) is 9.59 Å². The smallest absolute Gasteiger partial charge is 0.295 e. The fourth-order valence-corrected chi connectivity index (χ4v) is 4.90. The zero-order valence-electron chi connectivity index (χ0n) is 21.1. The normalized spacial score (nSPS) is 19.6. The minimum Gasteiger partial charge on any atom is -0.507 e. The van der Waals surface area contributed by atoms with Gasteiger partial charge in [-0.05, 0) is 55.8 Å². The van der Waals surface area contributed by atoms with E-state index in [1.165, 1.54) is 33.3 Å². The second kappa shape index (κ2) is 10.9. The number of nitrogens with zero attached hydrogens (tertiary/aromatic N) is 2. The predicted octanol–water partition coefficient (Wildman–Crippen LogP) is 3.24. The summed E-state index contributed by atoms with van der Waals surface area (Å²) in [5, 5.41) is 11.3. The highest BCUT2D eigenvalue weighted by Crippen LogP contribution is 2.45. The highest BCUT2D eigenvalue weighted by molar-refractivity contribution is 6.46. The molecule has 1 amide bonds. The number of rotatable bonds is 9. The molecule has 36 heavy (non-hydrogen) atoms. The van der Waals surface area contributed by atoms with Crippen LogP contribution in [0.1, 0.15) is 30.0 Å². The highest BCUT2D eigenvalue weighted by atomic mass is 16.5. The van der Waals surface area contributed by atoms with E-state index in [1.807, 2.05) is 0 Å². The molecule has 2 aliphatic heterocycles. The Morgan fingerprint density at radius 1 is 0.917 bits per heavy atom. The summed E-state index contributed by atoms with van der Waals surface area (Å²) < 4.78 is 21.8. The second-order valence-corrected chi connectivity index (χ2v) is 8.73. The SMILES string of the molecule is COc1cccc(/C(O)=C2\C(=O)C(=O)N(CCN3CCCC3)C2c2cc(OC)c(OC)c(OC)c2)c1. The van der Waals surface area contributed by atoms with Gasteiger partial charge in [0, 0.05) is 18.7 Å². The molecular formula is C27H32N2O7. The molecular weight excluding hydrogens is 464 g/mol. The standard InChI is InChI=1S/C27H32N2O7/c1-33-19-9-7-8-17(14-19)24(30)22-23(18-15-20(34-2)26(36-4)21(16-18)35-3)29(27(32)25(22)31)13-12-28-10-5-6-11-28/h7-9,14-16,23,30H,5-6,10-13H2,1-4H3/b24-22+. The fraction of sp³-hybridized carbons (Fsp3) is 0.407. The maximum Gasteiger partial charge on any atom is 0.295 e. The Balaban J connectivity index is 1.86. The van der Waals surface area contributed by atoms with E-state index in [-0.39, 0.29) is 11.3 Å². The zero-order chi connectivity index (χ0) is 25.8. The average Bonchev–Trinajstić information content (AvgIpc) is 3.52. The van der Waals surface area contributed by atoms with Crippen LogP contribution in [0.25, 0.3) is 5.76 Å². The summed E-state index contributed by atoms with van der Waals surface area (Å²) in [6, 6.07) is 9.32. The Labute approximate surface area is 210 Å². The number of Topliss-reactive ketones (excluding diaryl/α,β-unsaturated/α-hetero) is 1. The summed E-state index contributed by atoms with van der Waals surface area (Å²) >= 11 is 0. The Hall–Kier alpha value is -3.72. The molecule has 2 saturated heterocycles. The van der Waals surface area contributed by atoms with Crippen molar-refractivity contribution in [2.24, 2.45) is 0 Å². The van der Waals surface area contributed by atoms with Crippen molar-refractivity contribution in [3.05, 3.63) is 53.1 Å². The molecule has 2 fully saturated rings. The lowest BCUT2D eigenvalue weighted by molar-refractivity contribution is -0.140. The maximum atomic E-state index is 13.4. The van der Waals surface area contributed by atoms with Crippen molar-refractivity contribution in [2.75, 3.05) is 54.6 Å². The van der Waals surface area contributed by atoms with Gasteiger partial charge in [-0.1, -0.05) is 12.1 Å². The van der Waals surface area contributed by atoms with Gasteiger partial charge in [-0.3, -0.25) is 9.59 Å². The van der Waals surface area contributed by atoms with Gasteiger partial charge in [0.1, 0.15) is 11.5 Å². The number of carbonyl (C=O) groups excluding carboxylic acids is 2. The number of ether oxygens (including phenoxy) is 4. The van der Waals surface area contributed by atoms with Crippen molar-refractivity contribution >= 4 is 17.4 Å². The summed E-state index contributed by atoms with van der Waals surface area (Å²) in [6.45, 7) is 2.89. The van der Waals surface area contributed by atoms with Crippen molar-refractivity contribution in [1.29, 1.82) is 0 Å². The van der Waals surface area contributed by atoms with E-state index in [4.69, 9.17) is 18.9 Å². The van der Waals surface area contributed by atoms with Crippen molar-refractivity contribution < 1.29 is 33.6 Å². The number of ketones is 1. The van der Waals surface area contributed by atoms with Crippen LogP contribution in [0.5, 0.6) is 23.0 Å². The number of methoxy groups -OCH3 is 4. The summed E-state index contributed by atoms with van der Waals surface area (Å²) in [5.74, 6) is 0.0245. The molecule has 2 aliphatic rings. The van der Waals surface area contributed by atoms with Crippen LogP contribution in [0.4, 0.5) is 0 Å². The summed E-state index contributed by atoms with van der Waals surface area (Å²) in [5.41, 5.74) is 0.947. The van der Waals surface area contributed by atoms with E-state index in [1.54, 1.807) is 36.4 Å². The molecule has 2 heterocycles. The molecule has 192 valence electrons. The molecule has 0 aromatic heterocycles. The number of amides is 1. The molecule has 0 spiro atoms. The summed E-state index contributed by atoms with van der Waals surface area (Å²) in [7, 11) is 6.03. The van der Waals surface area contributed by atoms with Gasteiger partial charge in [-0.2, -0.15) is 0 Å². The van der Waals surface area contributed by atoms with Crippen LogP contribution in [0, 0.1) is 0 Å². The molecule has 2 aromatic carbocycles. The van der Waals surface area contributed by atoms with Gasteiger partial charge in [0.2, 0.25) is 5.75 Å². The quantitative estimate of drug-likeness (QED) is 0.321. The van der Waals surface area contributed by atoms with Gasteiger partial charge in [0.15, 0.2) is 11.5 Å². The minimum absolute atomic E-state index is 0.00366. The molecule has 9 nitrogen and oxygen atoms in total. The molecule has 0 radical (unpaired) electrons. The van der Waals surface area contributed by atoms with Gasteiger partial charge < -0.3 is 33.9 Å². The first-order valence-corrected chi connectivity index (χ1v) is 11.9. The topological polar surface area (TPSA) is 97.8 Å². The van der Waals surface area contributed by atoms with Crippen molar-refractivity contribution in [3.8, 4) is 23.0 Å². The molecule has 1 N–H and O–H groups in total.